The molecule has 0 saturated carbocycles. The number of hydrogen-bond acceptors (Lipinski definition) is 2. The number of halogens is 2. The van der Waals surface area contributed by atoms with Gasteiger partial charge in [-0.05, 0) is 55.7 Å². The maximum atomic E-state index is 13.7. The fourth-order valence-corrected chi connectivity index (χ4v) is 3.06. The molecule has 0 atom stereocenters. The molecule has 3 rings (SSSR count). The quantitative estimate of drug-likeness (QED) is 0.604. The van der Waals surface area contributed by atoms with Crippen LogP contribution in [0.2, 0.25) is 0 Å². The molecule has 4 nitrogen and oxygen atoms in total. The summed E-state index contributed by atoms with van der Waals surface area (Å²) in [4.78, 5) is 12.1. The van der Waals surface area contributed by atoms with Crippen molar-refractivity contribution in [2.24, 2.45) is 0 Å². The minimum atomic E-state index is -0.523. The van der Waals surface area contributed by atoms with Gasteiger partial charge in [0.2, 0.25) is 0 Å². The molecule has 0 spiro atoms. The van der Waals surface area contributed by atoms with Gasteiger partial charge in [-0.1, -0.05) is 34.1 Å². The van der Waals surface area contributed by atoms with E-state index in [0.29, 0.717) is 11.0 Å². The number of aryl methyl sites for hydroxylation is 2. The Bertz CT molecular complexity index is 909. The zero-order chi connectivity index (χ0) is 18.5. The maximum absolute atomic E-state index is 13.7. The van der Waals surface area contributed by atoms with Gasteiger partial charge in [-0.25, -0.2) is 9.07 Å². The average Bonchev–Trinajstić information content (AvgIpc) is 3.02. The molecule has 3 aromatic rings. The second kappa shape index (κ2) is 8.27. The number of carbonyl (C=O) groups excluding carboxylic acids is 1. The van der Waals surface area contributed by atoms with Gasteiger partial charge in [-0.3, -0.25) is 4.79 Å². The van der Waals surface area contributed by atoms with Crippen molar-refractivity contribution in [1.82, 2.24) is 15.1 Å². The number of hydrogen-bond donors (Lipinski definition) is 1. The van der Waals surface area contributed by atoms with Gasteiger partial charge in [0.15, 0.2) is 0 Å². The lowest BCUT2D eigenvalue weighted by Crippen LogP contribution is -2.25. The molecule has 0 fully saturated rings. The van der Waals surface area contributed by atoms with Crippen molar-refractivity contribution in [3.8, 4) is 5.69 Å². The highest BCUT2D eigenvalue weighted by molar-refractivity contribution is 9.10. The molecule has 1 N–H and O–H groups in total. The van der Waals surface area contributed by atoms with Crippen LogP contribution in [0.4, 0.5) is 4.39 Å². The van der Waals surface area contributed by atoms with Crippen LogP contribution >= 0.6 is 15.9 Å². The van der Waals surface area contributed by atoms with Crippen molar-refractivity contribution in [2.45, 2.75) is 19.8 Å². The van der Waals surface area contributed by atoms with Crippen molar-refractivity contribution in [2.75, 3.05) is 6.54 Å². The molecule has 26 heavy (non-hydrogen) atoms. The summed E-state index contributed by atoms with van der Waals surface area (Å²) in [5.41, 5.74) is 3.17. The fourth-order valence-electron chi connectivity index (χ4n) is 2.70. The minimum Gasteiger partial charge on any atom is -0.352 e. The Morgan fingerprint density at radius 2 is 2.00 bits per heavy atom. The van der Waals surface area contributed by atoms with Gasteiger partial charge in [-0.2, -0.15) is 5.10 Å². The zero-order valence-corrected chi connectivity index (χ0v) is 16.0. The molecule has 6 heteroatoms. The van der Waals surface area contributed by atoms with E-state index in [-0.39, 0.29) is 5.56 Å². The number of rotatable bonds is 6. The van der Waals surface area contributed by atoms with E-state index in [9.17, 15) is 9.18 Å². The maximum Gasteiger partial charge on any atom is 0.254 e. The molecule has 1 aromatic heterocycles. The highest BCUT2D eigenvalue weighted by atomic mass is 79.9. The van der Waals surface area contributed by atoms with E-state index in [1.165, 1.54) is 12.1 Å². The van der Waals surface area contributed by atoms with Crippen molar-refractivity contribution in [3.05, 3.63) is 81.8 Å². The standard InChI is InChI=1S/C20H19BrFN3O/c1-14-15(13-25(24-14)17-7-3-2-4-8-17)6-5-11-23-20(26)18-12-16(21)9-10-19(18)22/h2-4,7-10,12-13H,5-6,11H2,1H3,(H,23,26). The van der Waals surface area contributed by atoms with Gasteiger partial charge in [0.1, 0.15) is 5.82 Å². The van der Waals surface area contributed by atoms with E-state index in [1.807, 2.05) is 48.1 Å². The first kappa shape index (κ1) is 18.3. The summed E-state index contributed by atoms with van der Waals surface area (Å²) in [5.74, 6) is -0.925. The van der Waals surface area contributed by atoms with Crippen LogP contribution in [0.25, 0.3) is 5.69 Å². The third kappa shape index (κ3) is 4.38. The number of amides is 1. The lowest BCUT2D eigenvalue weighted by Gasteiger charge is -2.06. The first-order chi connectivity index (χ1) is 12.5. The van der Waals surface area contributed by atoms with Crippen molar-refractivity contribution in [3.63, 3.8) is 0 Å². The summed E-state index contributed by atoms with van der Waals surface area (Å²) in [7, 11) is 0. The zero-order valence-electron chi connectivity index (χ0n) is 14.4. The molecule has 134 valence electrons. The summed E-state index contributed by atoms with van der Waals surface area (Å²) in [5, 5.41) is 7.31. The first-order valence-electron chi connectivity index (χ1n) is 8.38. The van der Waals surface area contributed by atoms with E-state index in [2.05, 4.69) is 26.3 Å². The van der Waals surface area contributed by atoms with Gasteiger partial charge in [-0.15, -0.1) is 0 Å². The van der Waals surface area contributed by atoms with Gasteiger partial charge in [0, 0.05) is 17.2 Å². The Morgan fingerprint density at radius 1 is 1.23 bits per heavy atom. The first-order valence-corrected chi connectivity index (χ1v) is 9.17. The van der Waals surface area contributed by atoms with E-state index in [1.54, 1.807) is 6.07 Å². The molecule has 0 saturated heterocycles. The predicted octanol–water partition coefficient (Wildman–Crippen LogP) is 4.44. The van der Waals surface area contributed by atoms with Crippen molar-refractivity contribution >= 4 is 21.8 Å². The highest BCUT2D eigenvalue weighted by Gasteiger charge is 2.12. The molecule has 0 bridgehead atoms. The van der Waals surface area contributed by atoms with Gasteiger partial charge in [0.25, 0.3) is 5.91 Å². The number of carbonyl (C=O) groups is 1. The number of nitrogens with zero attached hydrogens (tertiary/aromatic N) is 2. The molecule has 0 unspecified atom stereocenters. The van der Waals surface area contributed by atoms with E-state index in [0.717, 1.165) is 29.8 Å². The molecule has 1 heterocycles. The summed E-state index contributed by atoms with van der Waals surface area (Å²) < 4.78 is 16.3. The third-order valence-electron chi connectivity index (χ3n) is 4.10. The second-order valence-electron chi connectivity index (χ2n) is 6.00. The average molecular weight is 416 g/mol. The number of aromatic nitrogens is 2. The Balaban J connectivity index is 1.55. The SMILES string of the molecule is Cc1nn(-c2ccccc2)cc1CCCNC(=O)c1cc(Br)ccc1F. The molecular weight excluding hydrogens is 397 g/mol. The molecule has 0 aliphatic rings. The lowest BCUT2D eigenvalue weighted by molar-refractivity contribution is 0.0949. The normalized spacial score (nSPS) is 10.7. The largest absolute Gasteiger partial charge is 0.352 e. The summed E-state index contributed by atoms with van der Waals surface area (Å²) in [6.45, 7) is 2.45. The van der Waals surface area contributed by atoms with E-state index >= 15 is 0 Å². The molecule has 0 aliphatic carbocycles. The Hall–Kier alpha value is -2.47. The number of para-hydroxylation sites is 1. The molecule has 0 aliphatic heterocycles. The van der Waals surface area contributed by atoms with Gasteiger partial charge < -0.3 is 5.32 Å². The lowest BCUT2D eigenvalue weighted by atomic mass is 10.1. The van der Waals surface area contributed by atoms with Crippen LogP contribution in [0.3, 0.4) is 0 Å². The molecule has 1 amide bonds. The minimum absolute atomic E-state index is 0.0486. The Morgan fingerprint density at radius 3 is 2.77 bits per heavy atom. The van der Waals surface area contributed by atoms with Crippen LogP contribution in [-0.4, -0.2) is 22.2 Å². The summed E-state index contributed by atoms with van der Waals surface area (Å²) >= 11 is 3.25. The third-order valence-corrected chi connectivity index (χ3v) is 4.60. The smallest absolute Gasteiger partial charge is 0.254 e. The predicted molar refractivity (Wildman–Crippen MR) is 103 cm³/mol. The number of nitrogens with one attached hydrogen (secondary N) is 1. The van der Waals surface area contributed by atoms with Crippen LogP contribution in [-0.2, 0) is 6.42 Å². The topological polar surface area (TPSA) is 46.9 Å². The van der Waals surface area contributed by atoms with E-state index in [4.69, 9.17) is 0 Å². The Kier molecular flexibility index (Phi) is 5.83. The van der Waals surface area contributed by atoms with Crippen LogP contribution in [0.1, 0.15) is 28.0 Å². The van der Waals surface area contributed by atoms with Crippen LogP contribution < -0.4 is 5.32 Å². The summed E-state index contributed by atoms with van der Waals surface area (Å²) in [6, 6.07) is 14.3. The van der Waals surface area contributed by atoms with Crippen LogP contribution in [0.15, 0.2) is 59.2 Å². The molecular formula is C20H19BrFN3O. The monoisotopic (exact) mass is 415 g/mol. The van der Waals surface area contributed by atoms with E-state index < -0.39 is 11.7 Å². The molecule has 0 radical (unpaired) electrons. The second-order valence-corrected chi connectivity index (χ2v) is 6.92. The van der Waals surface area contributed by atoms with Crippen molar-refractivity contribution in [1.29, 1.82) is 0 Å². The highest BCUT2D eigenvalue weighted by Crippen LogP contribution is 2.16. The van der Waals surface area contributed by atoms with Gasteiger partial charge in [0.05, 0.1) is 16.9 Å². The van der Waals surface area contributed by atoms with Gasteiger partial charge >= 0.3 is 0 Å². The number of benzene rings is 2. The summed E-state index contributed by atoms with van der Waals surface area (Å²) in [6.07, 6.45) is 3.56. The van der Waals surface area contributed by atoms with Crippen LogP contribution in [0, 0.1) is 12.7 Å². The molecule has 2 aromatic carbocycles. The van der Waals surface area contributed by atoms with Crippen molar-refractivity contribution < 1.29 is 9.18 Å². The Labute approximate surface area is 160 Å². The fraction of sp³-hybridized carbons (Fsp3) is 0.200. The van der Waals surface area contributed by atoms with Crippen LogP contribution in [0.5, 0.6) is 0 Å².